The van der Waals surface area contributed by atoms with Crippen LogP contribution in [0.3, 0.4) is 0 Å². The van der Waals surface area contributed by atoms with Crippen molar-refractivity contribution in [3.8, 4) is 0 Å². The van der Waals surface area contributed by atoms with Crippen LogP contribution in [-0.2, 0) is 0 Å². The van der Waals surface area contributed by atoms with Gasteiger partial charge in [-0.2, -0.15) is 0 Å². The topological polar surface area (TPSA) is 20.3 Å². The second kappa shape index (κ2) is 4.98. The Morgan fingerprint density at radius 3 is 2.69 bits per heavy atom. The molecule has 1 heterocycles. The Hall–Kier alpha value is -0.860. The van der Waals surface area contributed by atoms with Gasteiger partial charge in [-0.3, -0.25) is 9.69 Å². The van der Waals surface area contributed by atoms with Crippen LogP contribution in [0.15, 0.2) is 24.3 Å². The number of halogens is 1. The molecular weight excluding hydrogens is 222 g/mol. The maximum absolute atomic E-state index is 12.0. The first-order valence-corrected chi connectivity index (χ1v) is 6.07. The van der Waals surface area contributed by atoms with Crippen LogP contribution in [0.25, 0.3) is 0 Å². The number of ketones is 1. The summed E-state index contributed by atoms with van der Waals surface area (Å²) in [6.07, 6.45) is 2.41. The Labute approximate surface area is 101 Å². The summed E-state index contributed by atoms with van der Waals surface area (Å²) >= 11 is 5.79. The van der Waals surface area contributed by atoms with Crippen molar-refractivity contribution in [1.82, 2.24) is 4.90 Å². The minimum absolute atomic E-state index is 0.186. The van der Waals surface area contributed by atoms with Crippen molar-refractivity contribution in [2.24, 2.45) is 0 Å². The Kier molecular flexibility index (Phi) is 3.62. The molecule has 2 rings (SSSR count). The van der Waals surface area contributed by atoms with Gasteiger partial charge in [0.2, 0.25) is 0 Å². The van der Waals surface area contributed by atoms with E-state index in [0.29, 0.717) is 17.6 Å². The van der Waals surface area contributed by atoms with Crippen LogP contribution >= 0.6 is 11.6 Å². The summed E-state index contributed by atoms with van der Waals surface area (Å²) in [7, 11) is 0. The van der Waals surface area contributed by atoms with Crippen LogP contribution in [0.4, 0.5) is 0 Å². The summed E-state index contributed by atoms with van der Waals surface area (Å²) < 4.78 is 0. The lowest BCUT2D eigenvalue weighted by Gasteiger charge is -2.19. The molecule has 1 aromatic carbocycles. The van der Waals surface area contributed by atoms with Gasteiger partial charge in [0.1, 0.15) is 0 Å². The van der Waals surface area contributed by atoms with Gasteiger partial charge in [0, 0.05) is 16.6 Å². The summed E-state index contributed by atoms with van der Waals surface area (Å²) in [4.78, 5) is 14.2. The van der Waals surface area contributed by atoms with Crippen molar-refractivity contribution in [3.05, 3.63) is 34.9 Å². The highest BCUT2D eigenvalue weighted by Crippen LogP contribution is 2.17. The molecular formula is C13H16ClNO. The standard InChI is InChI=1S/C13H16ClNO/c1-10-3-2-8-15(10)9-13(16)11-4-6-12(14)7-5-11/h4-7,10H,2-3,8-9H2,1H3. The zero-order valence-electron chi connectivity index (χ0n) is 9.45. The molecule has 1 unspecified atom stereocenters. The van der Waals surface area contributed by atoms with E-state index < -0.39 is 0 Å². The highest BCUT2D eigenvalue weighted by atomic mass is 35.5. The molecule has 3 heteroatoms. The predicted molar refractivity (Wildman–Crippen MR) is 66.1 cm³/mol. The smallest absolute Gasteiger partial charge is 0.176 e. The number of carbonyl (C=O) groups is 1. The molecule has 0 amide bonds. The van der Waals surface area contributed by atoms with E-state index in [9.17, 15) is 4.79 Å². The minimum atomic E-state index is 0.186. The second-order valence-corrected chi connectivity index (χ2v) is 4.83. The van der Waals surface area contributed by atoms with Gasteiger partial charge in [-0.1, -0.05) is 11.6 Å². The summed E-state index contributed by atoms with van der Waals surface area (Å²) in [6.45, 7) is 3.76. The molecule has 0 radical (unpaired) electrons. The highest BCUT2D eigenvalue weighted by molar-refractivity contribution is 6.30. The van der Waals surface area contributed by atoms with E-state index in [0.717, 1.165) is 12.1 Å². The fourth-order valence-electron chi connectivity index (χ4n) is 2.14. The molecule has 0 aromatic heterocycles. The van der Waals surface area contributed by atoms with Crippen LogP contribution in [0.1, 0.15) is 30.1 Å². The Morgan fingerprint density at radius 2 is 2.12 bits per heavy atom. The number of hydrogen-bond donors (Lipinski definition) is 0. The lowest BCUT2D eigenvalue weighted by Crippen LogP contribution is -2.32. The average molecular weight is 238 g/mol. The predicted octanol–water partition coefficient (Wildman–Crippen LogP) is 3.01. The number of Topliss-reactive ketones (excluding diaryl/α,β-unsaturated/α-hetero) is 1. The maximum atomic E-state index is 12.0. The summed E-state index contributed by atoms with van der Waals surface area (Å²) in [5.74, 6) is 0.186. The van der Waals surface area contributed by atoms with Crippen LogP contribution in [0.2, 0.25) is 5.02 Å². The van der Waals surface area contributed by atoms with Crippen LogP contribution < -0.4 is 0 Å². The number of hydrogen-bond acceptors (Lipinski definition) is 2. The molecule has 0 bridgehead atoms. The maximum Gasteiger partial charge on any atom is 0.176 e. The van der Waals surface area contributed by atoms with Gasteiger partial charge < -0.3 is 0 Å². The Bertz CT molecular complexity index is 374. The average Bonchev–Trinajstić information content (AvgIpc) is 2.65. The Balaban J connectivity index is 2.00. The third kappa shape index (κ3) is 2.63. The molecule has 0 N–H and O–H groups in total. The van der Waals surface area contributed by atoms with Crippen LogP contribution in [0.5, 0.6) is 0 Å². The third-order valence-electron chi connectivity index (χ3n) is 3.20. The van der Waals surface area contributed by atoms with E-state index in [1.54, 1.807) is 24.3 Å². The number of likely N-dealkylation sites (tertiary alicyclic amines) is 1. The first-order chi connectivity index (χ1) is 7.66. The molecule has 2 nitrogen and oxygen atoms in total. The number of rotatable bonds is 3. The molecule has 16 heavy (non-hydrogen) atoms. The normalized spacial score (nSPS) is 21.2. The quantitative estimate of drug-likeness (QED) is 0.754. The largest absolute Gasteiger partial charge is 0.293 e. The molecule has 1 aliphatic heterocycles. The lowest BCUT2D eigenvalue weighted by atomic mass is 10.1. The highest BCUT2D eigenvalue weighted by Gasteiger charge is 2.22. The molecule has 86 valence electrons. The molecule has 1 aliphatic rings. The minimum Gasteiger partial charge on any atom is -0.293 e. The number of benzene rings is 1. The molecule has 1 fully saturated rings. The lowest BCUT2D eigenvalue weighted by molar-refractivity contribution is 0.0926. The third-order valence-corrected chi connectivity index (χ3v) is 3.46. The van der Waals surface area contributed by atoms with E-state index >= 15 is 0 Å². The summed E-state index contributed by atoms with van der Waals surface area (Å²) in [5, 5.41) is 0.672. The number of carbonyl (C=O) groups excluding carboxylic acids is 1. The molecule has 1 atom stereocenters. The van der Waals surface area contributed by atoms with Crippen molar-refractivity contribution in [2.45, 2.75) is 25.8 Å². The van der Waals surface area contributed by atoms with Gasteiger partial charge in [0.25, 0.3) is 0 Å². The van der Waals surface area contributed by atoms with Crippen molar-refractivity contribution < 1.29 is 4.79 Å². The monoisotopic (exact) mass is 237 g/mol. The first kappa shape index (κ1) is 11.6. The van der Waals surface area contributed by atoms with Crippen molar-refractivity contribution in [1.29, 1.82) is 0 Å². The van der Waals surface area contributed by atoms with E-state index in [4.69, 9.17) is 11.6 Å². The van der Waals surface area contributed by atoms with E-state index in [1.807, 2.05) is 0 Å². The van der Waals surface area contributed by atoms with Crippen molar-refractivity contribution in [3.63, 3.8) is 0 Å². The second-order valence-electron chi connectivity index (χ2n) is 4.39. The van der Waals surface area contributed by atoms with Gasteiger partial charge in [0.05, 0.1) is 6.54 Å². The van der Waals surface area contributed by atoms with Crippen LogP contribution in [-0.4, -0.2) is 29.8 Å². The molecule has 1 aromatic rings. The summed E-state index contributed by atoms with van der Waals surface area (Å²) in [5.41, 5.74) is 0.753. The van der Waals surface area contributed by atoms with Gasteiger partial charge >= 0.3 is 0 Å². The van der Waals surface area contributed by atoms with Gasteiger partial charge in [-0.05, 0) is 50.6 Å². The first-order valence-electron chi connectivity index (χ1n) is 5.69. The summed E-state index contributed by atoms with van der Waals surface area (Å²) in [6, 6.07) is 7.66. The zero-order chi connectivity index (χ0) is 11.5. The van der Waals surface area contributed by atoms with E-state index in [-0.39, 0.29) is 5.78 Å². The van der Waals surface area contributed by atoms with E-state index in [1.165, 1.54) is 12.8 Å². The Morgan fingerprint density at radius 1 is 1.44 bits per heavy atom. The van der Waals surface area contributed by atoms with Crippen LogP contribution in [0, 0.1) is 0 Å². The molecule has 0 saturated carbocycles. The van der Waals surface area contributed by atoms with Gasteiger partial charge in [-0.15, -0.1) is 0 Å². The van der Waals surface area contributed by atoms with Crippen molar-refractivity contribution in [2.75, 3.05) is 13.1 Å². The van der Waals surface area contributed by atoms with Gasteiger partial charge in [0.15, 0.2) is 5.78 Å². The fourth-order valence-corrected chi connectivity index (χ4v) is 2.27. The van der Waals surface area contributed by atoms with Gasteiger partial charge in [-0.25, -0.2) is 0 Å². The zero-order valence-corrected chi connectivity index (χ0v) is 10.2. The SMILES string of the molecule is CC1CCCN1CC(=O)c1ccc(Cl)cc1. The van der Waals surface area contributed by atoms with E-state index in [2.05, 4.69) is 11.8 Å². The molecule has 1 saturated heterocycles. The fraction of sp³-hybridized carbons (Fsp3) is 0.462. The molecule has 0 aliphatic carbocycles. The van der Waals surface area contributed by atoms with Crippen molar-refractivity contribution >= 4 is 17.4 Å². The molecule has 0 spiro atoms. The number of nitrogens with zero attached hydrogens (tertiary/aromatic N) is 1.